The Kier molecular flexibility index (Phi) is 2.97. The van der Waals surface area contributed by atoms with Crippen LogP contribution in [0.2, 0.25) is 0 Å². The zero-order chi connectivity index (χ0) is 10.7. The second-order valence-electron chi connectivity index (χ2n) is 3.69. The van der Waals surface area contributed by atoms with E-state index in [0.29, 0.717) is 5.82 Å². The smallest absolute Gasteiger partial charge is 0.152 e. The van der Waals surface area contributed by atoms with Crippen molar-refractivity contribution in [2.45, 2.75) is 25.8 Å². The number of hydrogen-bond acceptors (Lipinski definition) is 4. The lowest BCUT2D eigenvalue weighted by Gasteiger charge is -2.19. The molecule has 1 aromatic heterocycles. The molecule has 0 amide bonds. The van der Waals surface area contributed by atoms with Crippen LogP contribution in [-0.4, -0.2) is 16.6 Å². The summed E-state index contributed by atoms with van der Waals surface area (Å²) in [7, 11) is 0. The SMILES string of the molecule is Cc1cnc(C(N)C2=CCCCO2)nc1. The molecule has 0 aromatic carbocycles. The number of nitrogens with two attached hydrogens (primary N) is 1. The van der Waals surface area contributed by atoms with Crippen molar-refractivity contribution in [1.29, 1.82) is 0 Å². The van der Waals surface area contributed by atoms with Crippen LogP contribution in [0.5, 0.6) is 0 Å². The molecule has 80 valence electrons. The maximum absolute atomic E-state index is 6.00. The molecule has 2 rings (SSSR count). The Bertz CT molecular complexity index is 359. The third-order valence-electron chi connectivity index (χ3n) is 2.35. The van der Waals surface area contributed by atoms with Gasteiger partial charge in [0.05, 0.1) is 6.61 Å². The lowest BCUT2D eigenvalue weighted by atomic mass is 10.1. The van der Waals surface area contributed by atoms with E-state index in [2.05, 4.69) is 9.97 Å². The van der Waals surface area contributed by atoms with Crippen molar-refractivity contribution < 1.29 is 4.74 Å². The lowest BCUT2D eigenvalue weighted by molar-refractivity contribution is 0.174. The van der Waals surface area contributed by atoms with E-state index in [9.17, 15) is 0 Å². The molecule has 0 radical (unpaired) electrons. The highest BCUT2D eigenvalue weighted by molar-refractivity contribution is 5.14. The monoisotopic (exact) mass is 205 g/mol. The van der Waals surface area contributed by atoms with E-state index in [1.165, 1.54) is 0 Å². The predicted octanol–water partition coefficient (Wildman–Crippen LogP) is 1.48. The maximum Gasteiger partial charge on any atom is 0.152 e. The predicted molar refractivity (Wildman–Crippen MR) is 57.0 cm³/mol. The molecule has 0 aliphatic carbocycles. The van der Waals surface area contributed by atoms with Crippen molar-refractivity contribution in [1.82, 2.24) is 9.97 Å². The summed E-state index contributed by atoms with van der Waals surface area (Å²) in [6.45, 7) is 2.69. The van der Waals surface area contributed by atoms with Crippen molar-refractivity contribution >= 4 is 0 Å². The number of nitrogens with zero attached hydrogens (tertiary/aromatic N) is 2. The molecule has 15 heavy (non-hydrogen) atoms. The van der Waals surface area contributed by atoms with Gasteiger partial charge >= 0.3 is 0 Å². The minimum Gasteiger partial charge on any atom is -0.496 e. The average molecular weight is 205 g/mol. The molecular formula is C11H15N3O. The molecule has 4 nitrogen and oxygen atoms in total. The minimum absolute atomic E-state index is 0.328. The van der Waals surface area contributed by atoms with Gasteiger partial charge in [-0.3, -0.25) is 0 Å². The molecule has 4 heteroatoms. The zero-order valence-corrected chi connectivity index (χ0v) is 8.81. The molecule has 0 fully saturated rings. The molecule has 0 saturated carbocycles. The molecule has 1 aliphatic rings. The number of aryl methyl sites for hydroxylation is 1. The van der Waals surface area contributed by atoms with Crippen molar-refractivity contribution in [3.05, 3.63) is 35.6 Å². The van der Waals surface area contributed by atoms with Crippen LogP contribution < -0.4 is 5.73 Å². The standard InChI is InChI=1S/C11H15N3O/c1-8-6-13-11(14-7-8)10(12)9-4-2-3-5-15-9/h4,6-7,10H,2-3,5,12H2,1H3. The summed E-state index contributed by atoms with van der Waals surface area (Å²) < 4.78 is 5.48. The van der Waals surface area contributed by atoms with E-state index in [1.807, 2.05) is 13.0 Å². The number of allylic oxidation sites excluding steroid dienone is 1. The molecule has 2 heterocycles. The summed E-state index contributed by atoms with van der Waals surface area (Å²) in [5.41, 5.74) is 7.03. The molecule has 1 atom stereocenters. The Morgan fingerprint density at radius 3 is 2.73 bits per heavy atom. The average Bonchev–Trinajstić information content (AvgIpc) is 2.30. The second-order valence-corrected chi connectivity index (χ2v) is 3.69. The molecule has 0 spiro atoms. The molecule has 1 aromatic rings. The van der Waals surface area contributed by atoms with Crippen LogP contribution in [0.1, 0.15) is 30.3 Å². The van der Waals surface area contributed by atoms with Gasteiger partial charge in [-0.2, -0.15) is 0 Å². The fraction of sp³-hybridized carbons (Fsp3) is 0.455. The van der Waals surface area contributed by atoms with E-state index < -0.39 is 0 Å². The van der Waals surface area contributed by atoms with Gasteiger partial charge in [-0.1, -0.05) is 0 Å². The molecule has 0 saturated heterocycles. The maximum atomic E-state index is 6.00. The molecule has 0 bridgehead atoms. The van der Waals surface area contributed by atoms with Gasteiger partial charge in [0.1, 0.15) is 11.8 Å². The first-order chi connectivity index (χ1) is 7.27. The molecule has 1 aliphatic heterocycles. The quantitative estimate of drug-likeness (QED) is 0.794. The highest BCUT2D eigenvalue weighted by Gasteiger charge is 2.17. The minimum atomic E-state index is -0.328. The van der Waals surface area contributed by atoms with E-state index in [1.54, 1.807) is 12.4 Å². The number of rotatable bonds is 2. The Morgan fingerprint density at radius 1 is 1.40 bits per heavy atom. The van der Waals surface area contributed by atoms with Gasteiger partial charge in [0.25, 0.3) is 0 Å². The van der Waals surface area contributed by atoms with Crippen LogP contribution in [0, 0.1) is 6.92 Å². The summed E-state index contributed by atoms with van der Waals surface area (Å²) in [6, 6.07) is -0.328. The zero-order valence-electron chi connectivity index (χ0n) is 8.81. The van der Waals surface area contributed by atoms with Crippen molar-refractivity contribution in [3.63, 3.8) is 0 Å². The number of ether oxygens (including phenoxy) is 1. The molecule has 2 N–H and O–H groups in total. The number of aromatic nitrogens is 2. The van der Waals surface area contributed by atoms with E-state index in [4.69, 9.17) is 10.5 Å². The largest absolute Gasteiger partial charge is 0.496 e. The number of hydrogen-bond donors (Lipinski definition) is 1. The summed E-state index contributed by atoms with van der Waals surface area (Å²) in [6.07, 6.45) is 7.65. The van der Waals surface area contributed by atoms with Gasteiger partial charge in [0.15, 0.2) is 5.82 Å². The fourth-order valence-corrected chi connectivity index (χ4v) is 1.48. The molecular weight excluding hydrogens is 190 g/mol. The van der Waals surface area contributed by atoms with Crippen LogP contribution in [0.25, 0.3) is 0 Å². The highest BCUT2D eigenvalue weighted by Crippen LogP contribution is 2.21. The fourth-order valence-electron chi connectivity index (χ4n) is 1.48. The van der Waals surface area contributed by atoms with E-state index >= 15 is 0 Å². The normalized spacial score (nSPS) is 17.9. The van der Waals surface area contributed by atoms with Crippen LogP contribution in [-0.2, 0) is 4.74 Å². The highest BCUT2D eigenvalue weighted by atomic mass is 16.5. The Balaban J connectivity index is 2.16. The third kappa shape index (κ3) is 2.33. The van der Waals surface area contributed by atoms with Crippen LogP contribution in [0.4, 0.5) is 0 Å². The second kappa shape index (κ2) is 4.40. The topological polar surface area (TPSA) is 61.0 Å². The van der Waals surface area contributed by atoms with Gasteiger partial charge in [0, 0.05) is 12.4 Å². The van der Waals surface area contributed by atoms with Gasteiger partial charge in [-0.05, 0) is 31.4 Å². The summed E-state index contributed by atoms with van der Waals surface area (Å²) in [4.78, 5) is 8.39. The van der Waals surface area contributed by atoms with Gasteiger partial charge < -0.3 is 10.5 Å². The Labute approximate surface area is 89.2 Å². The van der Waals surface area contributed by atoms with Gasteiger partial charge in [-0.25, -0.2) is 9.97 Å². The van der Waals surface area contributed by atoms with Crippen LogP contribution >= 0.6 is 0 Å². The van der Waals surface area contributed by atoms with E-state index in [0.717, 1.165) is 30.8 Å². The van der Waals surface area contributed by atoms with Gasteiger partial charge in [-0.15, -0.1) is 0 Å². The summed E-state index contributed by atoms with van der Waals surface area (Å²) in [5.74, 6) is 1.42. The first-order valence-electron chi connectivity index (χ1n) is 5.14. The lowest BCUT2D eigenvalue weighted by Crippen LogP contribution is -2.20. The van der Waals surface area contributed by atoms with Crippen molar-refractivity contribution in [3.8, 4) is 0 Å². The van der Waals surface area contributed by atoms with Crippen molar-refractivity contribution in [2.24, 2.45) is 5.73 Å². The first-order valence-corrected chi connectivity index (χ1v) is 5.14. The summed E-state index contributed by atoms with van der Waals surface area (Å²) in [5, 5.41) is 0. The summed E-state index contributed by atoms with van der Waals surface area (Å²) >= 11 is 0. The third-order valence-corrected chi connectivity index (χ3v) is 2.35. The Morgan fingerprint density at radius 2 is 2.13 bits per heavy atom. The van der Waals surface area contributed by atoms with Gasteiger partial charge in [0.2, 0.25) is 0 Å². The van der Waals surface area contributed by atoms with Crippen molar-refractivity contribution in [2.75, 3.05) is 6.61 Å². The first kappa shape index (κ1) is 10.1. The van der Waals surface area contributed by atoms with E-state index in [-0.39, 0.29) is 6.04 Å². The van der Waals surface area contributed by atoms with Crippen LogP contribution in [0.3, 0.4) is 0 Å². The van der Waals surface area contributed by atoms with Crippen LogP contribution in [0.15, 0.2) is 24.2 Å². The molecule has 1 unspecified atom stereocenters. The Hall–Kier alpha value is -1.42.